The third-order valence-electron chi connectivity index (χ3n) is 7.22. The van der Waals surface area contributed by atoms with Gasteiger partial charge in [0.1, 0.15) is 12.1 Å². The first kappa shape index (κ1) is 32.9. The van der Waals surface area contributed by atoms with Gasteiger partial charge >= 0.3 is 11.9 Å². The van der Waals surface area contributed by atoms with E-state index in [-0.39, 0.29) is 24.1 Å². The minimum absolute atomic E-state index is 0.0304. The maximum absolute atomic E-state index is 12.5. The molecule has 1 heterocycles. The number of unbranched alkanes of at least 4 members (excludes halogenated alkanes) is 14. The van der Waals surface area contributed by atoms with Crippen LogP contribution >= 0.6 is 0 Å². The smallest absolute Gasteiger partial charge is 0.323 e. The van der Waals surface area contributed by atoms with Crippen LogP contribution < -0.4 is 5.32 Å². The van der Waals surface area contributed by atoms with Gasteiger partial charge in [-0.05, 0) is 38.5 Å². The average molecular weight is 512 g/mol. The Bertz CT molecular complexity index is 525. The molecule has 1 fully saturated rings. The summed E-state index contributed by atoms with van der Waals surface area (Å²) >= 11 is 0. The Morgan fingerprint density at radius 1 is 0.778 bits per heavy atom. The van der Waals surface area contributed by atoms with Gasteiger partial charge in [0.2, 0.25) is 0 Å². The minimum Gasteiger partial charge on any atom is -0.465 e. The van der Waals surface area contributed by atoms with E-state index in [1.54, 1.807) is 0 Å². The van der Waals surface area contributed by atoms with Crippen molar-refractivity contribution in [3.05, 3.63) is 0 Å². The maximum Gasteiger partial charge on any atom is 0.323 e. The van der Waals surface area contributed by atoms with Crippen molar-refractivity contribution in [1.29, 1.82) is 0 Å². The average Bonchev–Trinajstić information content (AvgIpc) is 3.31. The molecule has 6 heteroatoms. The zero-order chi connectivity index (χ0) is 26.3. The lowest BCUT2D eigenvalue weighted by Crippen LogP contribution is -2.32. The van der Waals surface area contributed by atoms with Crippen LogP contribution in [-0.2, 0) is 19.1 Å². The number of nitrogens with one attached hydrogen (secondary N) is 1. The van der Waals surface area contributed by atoms with Crippen LogP contribution in [0.4, 0.5) is 0 Å². The van der Waals surface area contributed by atoms with Gasteiger partial charge in [-0.2, -0.15) is 0 Å². The molecule has 0 aromatic heterocycles. The summed E-state index contributed by atoms with van der Waals surface area (Å²) in [4.78, 5) is 24.3. The number of hydrogen-bond donors (Lipinski definition) is 2. The van der Waals surface area contributed by atoms with E-state index < -0.39 is 6.10 Å². The summed E-state index contributed by atoms with van der Waals surface area (Å²) in [5.74, 6) is -0.289. The molecular formula is C30H57NO5. The van der Waals surface area contributed by atoms with Crippen molar-refractivity contribution in [1.82, 2.24) is 5.32 Å². The molecule has 0 amide bonds. The van der Waals surface area contributed by atoms with Crippen molar-refractivity contribution in [3.63, 3.8) is 0 Å². The Balaban J connectivity index is 2.11. The van der Waals surface area contributed by atoms with Gasteiger partial charge in [-0.25, -0.2) is 0 Å². The lowest BCUT2D eigenvalue weighted by Gasteiger charge is -2.18. The molecule has 0 aromatic carbocycles. The van der Waals surface area contributed by atoms with Gasteiger partial charge < -0.3 is 19.9 Å². The molecule has 1 rings (SSSR count). The zero-order valence-corrected chi connectivity index (χ0v) is 23.6. The highest BCUT2D eigenvalue weighted by Crippen LogP contribution is 2.18. The number of carbonyl (C=O) groups is 2. The SMILES string of the molecule is CCCCCCCCC(CCCCCCCC)OC(=O)CCCCCCCOC(=O)[C@@H]1C[C@H](O)CN1. The molecule has 1 saturated heterocycles. The standard InChI is InChI=1S/C30H57NO5/c1-3-5-7-9-12-16-20-27(21-17-13-10-8-6-4-2)36-29(33)22-18-14-11-15-19-23-35-30(34)28-24-26(32)25-31-28/h26-28,31-32H,3-25H2,1-2H3/t26-,28-/m0/s1. The summed E-state index contributed by atoms with van der Waals surface area (Å²) in [5, 5.41) is 12.4. The van der Waals surface area contributed by atoms with Crippen LogP contribution in [0.15, 0.2) is 0 Å². The van der Waals surface area contributed by atoms with Gasteiger partial charge in [0.25, 0.3) is 0 Å². The van der Waals surface area contributed by atoms with Crippen molar-refractivity contribution in [2.24, 2.45) is 0 Å². The quantitative estimate of drug-likeness (QED) is 0.107. The molecule has 1 aliphatic heterocycles. The summed E-state index contributed by atoms with van der Waals surface area (Å²) < 4.78 is 11.2. The van der Waals surface area contributed by atoms with Gasteiger partial charge in [0.15, 0.2) is 0 Å². The topological polar surface area (TPSA) is 84.9 Å². The Morgan fingerprint density at radius 2 is 1.31 bits per heavy atom. The Morgan fingerprint density at radius 3 is 1.86 bits per heavy atom. The number of esters is 2. The fourth-order valence-electron chi connectivity index (χ4n) is 4.88. The third-order valence-corrected chi connectivity index (χ3v) is 7.22. The summed E-state index contributed by atoms with van der Waals surface area (Å²) in [5.41, 5.74) is 0. The third kappa shape index (κ3) is 18.2. The molecule has 212 valence electrons. The number of β-amino-alcohol motifs (C(OH)–C–C–N with tert-alkyl or cyclic N) is 1. The van der Waals surface area contributed by atoms with Crippen LogP contribution in [0.3, 0.4) is 0 Å². The zero-order valence-electron chi connectivity index (χ0n) is 23.6. The molecule has 0 spiro atoms. The van der Waals surface area contributed by atoms with Gasteiger partial charge in [-0.3, -0.25) is 9.59 Å². The van der Waals surface area contributed by atoms with Crippen LogP contribution in [0, 0.1) is 0 Å². The second kappa shape index (κ2) is 23.0. The van der Waals surface area contributed by atoms with Gasteiger partial charge in [-0.1, -0.05) is 97.3 Å². The molecule has 2 N–H and O–H groups in total. The Labute approximate surface area is 221 Å². The molecular weight excluding hydrogens is 454 g/mol. The molecule has 0 bridgehead atoms. The van der Waals surface area contributed by atoms with Crippen LogP contribution in [0.5, 0.6) is 0 Å². The largest absolute Gasteiger partial charge is 0.465 e. The van der Waals surface area contributed by atoms with Crippen molar-refractivity contribution >= 4 is 11.9 Å². The first-order valence-corrected chi connectivity index (χ1v) is 15.3. The molecule has 0 aromatic rings. The highest BCUT2D eigenvalue weighted by atomic mass is 16.5. The number of hydrogen-bond acceptors (Lipinski definition) is 6. The fourth-order valence-corrected chi connectivity index (χ4v) is 4.88. The number of aliphatic hydroxyl groups is 1. The second-order valence-corrected chi connectivity index (χ2v) is 10.8. The summed E-state index contributed by atoms with van der Waals surface area (Å²) in [6.45, 7) is 5.38. The molecule has 0 radical (unpaired) electrons. The van der Waals surface area contributed by atoms with E-state index in [1.165, 1.54) is 77.0 Å². The fraction of sp³-hybridized carbons (Fsp3) is 0.933. The summed E-state index contributed by atoms with van der Waals surface area (Å²) in [7, 11) is 0. The molecule has 36 heavy (non-hydrogen) atoms. The number of aliphatic hydroxyl groups excluding tert-OH is 1. The predicted octanol–water partition coefficient (Wildman–Crippen LogP) is 7.01. The van der Waals surface area contributed by atoms with Crippen LogP contribution in [0.25, 0.3) is 0 Å². The maximum atomic E-state index is 12.5. The van der Waals surface area contributed by atoms with E-state index in [2.05, 4.69) is 19.2 Å². The van der Waals surface area contributed by atoms with Gasteiger partial charge in [0.05, 0.1) is 12.7 Å². The number of carbonyl (C=O) groups excluding carboxylic acids is 2. The van der Waals surface area contributed by atoms with E-state index in [4.69, 9.17) is 9.47 Å². The van der Waals surface area contributed by atoms with Crippen molar-refractivity contribution in [3.8, 4) is 0 Å². The van der Waals surface area contributed by atoms with E-state index >= 15 is 0 Å². The van der Waals surface area contributed by atoms with E-state index in [0.29, 0.717) is 26.0 Å². The minimum atomic E-state index is -0.449. The van der Waals surface area contributed by atoms with Gasteiger partial charge in [0, 0.05) is 19.4 Å². The number of rotatable bonds is 24. The van der Waals surface area contributed by atoms with Crippen LogP contribution in [0.1, 0.15) is 149 Å². The van der Waals surface area contributed by atoms with Crippen LogP contribution in [0.2, 0.25) is 0 Å². The molecule has 1 aliphatic rings. The monoisotopic (exact) mass is 511 g/mol. The molecule has 0 saturated carbocycles. The summed E-state index contributed by atoms with van der Waals surface area (Å²) in [6.07, 6.45) is 22.6. The Hall–Kier alpha value is -1.14. The second-order valence-electron chi connectivity index (χ2n) is 10.8. The first-order chi connectivity index (χ1) is 17.6. The lowest BCUT2D eigenvalue weighted by molar-refractivity contribution is -0.150. The normalized spacial score (nSPS) is 17.6. The molecule has 6 nitrogen and oxygen atoms in total. The highest BCUT2D eigenvalue weighted by Gasteiger charge is 2.29. The first-order valence-electron chi connectivity index (χ1n) is 15.3. The highest BCUT2D eigenvalue weighted by molar-refractivity contribution is 5.76. The molecule has 2 atom stereocenters. The summed E-state index contributed by atoms with van der Waals surface area (Å²) in [6, 6.07) is -0.364. The van der Waals surface area contributed by atoms with Crippen LogP contribution in [-0.4, -0.2) is 48.4 Å². The van der Waals surface area contributed by atoms with Crippen molar-refractivity contribution in [2.75, 3.05) is 13.2 Å². The van der Waals surface area contributed by atoms with Crippen molar-refractivity contribution < 1.29 is 24.2 Å². The van der Waals surface area contributed by atoms with E-state index in [1.807, 2.05) is 0 Å². The number of ether oxygens (including phenoxy) is 2. The van der Waals surface area contributed by atoms with E-state index in [0.717, 1.165) is 44.9 Å². The Kier molecular flexibility index (Phi) is 21.0. The van der Waals surface area contributed by atoms with Gasteiger partial charge in [-0.15, -0.1) is 0 Å². The predicted molar refractivity (Wildman–Crippen MR) is 147 cm³/mol. The lowest BCUT2D eigenvalue weighted by atomic mass is 10.0. The van der Waals surface area contributed by atoms with E-state index in [9.17, 15) is 14.7 Å². The molecule has 0 unspecified atom stereocenters. The molecule has 0 aliphatic carbocycles. The van der Waals surface area contributed by atoms with Crippen molar-refractivity contribution in [2.45, 2.75) is 167 Å².